The third-order valence-electron chi connectivity index (χ3n) is 6.24. The largest absolute Gasteiger partial charge is 0.497 e. The maximum Gasteiger partial charge on any atom is 0.355 e. The zero-order valence-corrected chi connectivity index (χ0v) is 19.6. The van der Waals surface area contributed by atoms with E-state index in [2.05, 4.69) is 16.7 Å². The van der Waals surface area contributed by atoms with Crippen LogP contribution in [0, 0.1) is 5.92 Å². The van der Waals surface area contributed by atoms with Gasteiger partial charge in [0.25, 0.3) is 0 Å². The molecule has 1 aliphatic carbocycles. The van der Waals surface area contributed by atoms with Gasteiger partial charge >= 0.3 is 5.97 Å². The first-order valence-electron chi connectivity index (χ1n) is 11.8. The lowest BCUT2D eigenvalue weighted by atomic mass is 10.0. The highest BCUT2D eigenvalue weighted by molar-refractivity contribution is 6.08. The Bertz CT molecular complexity index is 1300. The summed E-state index contributed by atoms with van der Waals surface area (Å²) >= 11 is 0. The monoisotopic (exact) mass is 455 g/mol. The van der Waals surface area contributed by atoms with E-state index in [0.717, 1.165) is 45.7 Å². The number of fused-ring (bicyclic) bond motifs is 1. The minimum absolute atomic E-state index is 0.312. The average molecular weight is 456 g/mol. The summed E-state index contributed by atoms with van der Waals surface area (Å²) < 4.78 is 18.9. The second kappa shape index (κ2) is 9.64. The minimum atomic E-state index is -0.328. The Morgan fingerprint density at radius 2 is 1.76 bits per heavy atom. The van der Waals surface area contributed by atoms with Crippen LogP contribution >= 0.6 is 0 Å². The molecule has 0 bridgehead atoms. The molecular formula is C29H29NO4. The number of aromatic nitrogens is 1. The van der Waals surface area contributed by atoms with Crippen molar-refractivity contribution < 1.29 is 19.0 Å². The summed E-state index contributed by atoms with van der Waals surface area (Å²) in [5.74, 6) is 2.01. The summed E-state index contributed by atoms with van der Waals surface area (Å²) in [5.41, 5.74) is 4.42. The van der Waals surface area contributed by atoms with Crippen LogP contribution in [0.1, 0.15) is 35.8 Å². The number of hydrogen-bond donors (Lipinski definition) is 0. The highest BCUT2D eigenvalue weighted by atomic mass is 16.5. The Balaban J connectivity index is 1.61. The maximum absolute atomic E-state index is 13.3. The van der Waals surface area contributed by atoms with Gasteiger partial charge in [-0.05, 0) is 67.1 Å². The highest BCUT2D eigenvalue weighted by Crippen LogP contribution is 2.37. The van der Waals surface area contributed by atoms with E-state index in [1.165, 1.54) is 12.8 Å². The van der Waals surface area contributed by atoms with Crippen molar-refractivity contribution in [2.75, 3.05) is 20.3 Å². The summed E-state index contributed by atoms with van der Waals surface area (Å²) in [5, 5.41) is 1.01. The van der Waals surface area contributed by atoms with Crippen LogP contribution in [-0.2, 0) is 11.3 Å². The van der Waals surface area contributed by atoms with Crippen molar-refractivity contribution in [3.63, 3.8) is 0 Å². The normalized spacial score (nSPS) is 13.1. The fourth-order valence-corrected chi connectivity index (χ4v) is 4.34. The van der Waals surface area contributed by atoms with Crippen molar-refractivity contribution in [1.82, 2.24) is 4.57 Å². The SMILES string of the molecule is CCOC(=O)c1c(-c2ccc(OCC3CC3)cc2)c2ccccc2n1Cc1cccc(OC)c1. The summed E-state index contributed by atoms with van der Waals surface area (Å²) in [6.45, 7) is 3.44. The zero-order chi connectivity index (χ0) is 23.5. The van der Waals surface area contributed by atoms with Gasteiger partial charge < -0.3 is 18.8 Å². The van der Waals surface area contributed by atoms with E-state index < -0.39 is 0 Å². The maximum atomic E-state index is 13.3. The second-order valence-electron chi connectivity index (χ2n) is 8.68. The number of esters is 1. The molecule has 0 N–H and O–H groups in total. The minimum Gasteiger partial charge on any atom is -0.497 e. The van der Waals surface area contributed by atoms with E-state index in [1.54, 1.807) is 7.11 Å². The third kappa shape index (κ3) is 4.51. The van der Waals surface area contributed by atoms with Crippen molar-refractivity contribution in [3.8, 4) is 22.6 Å². The first kappa shape index (κ1) is 22.1. The van der Waals surface area contributed by atoms with Gasteiger partial charge in [-0.1, -0.05) is 42.5 Å². The molecule has 1 heterocycles. The Morgan fingerprint density at radius 1 is 0.971 bits per heavy atom. The van der Waals surface area contributed by atoms with Crippen molar-refractivity contribution in [2.45, 2.75) is 26.3 Å². The lowest BCUT2D eigenvalue weighted by Crippen LogP contribution is -2.14. The molecule has 3 aromatic carbocycles. The summed E-state index contributed by atoms with van der Waals surface area (Å²) in [6.07, 6.45) is 2.52. The van der Waals surface area contributed by atoms with Crippen molar-refractivity contribution in [1.29, 1.82) is 0 Å². The Morgan fingerprint density at radius 3 is 2.50 bits per heavy atom. The third-order valence-corrected chi connectivity index (χ3v) is 6.24. The van der Waals surface area contributed by atoms with Gasteiger partial charge in [0.2, 0.25) is 0 Å². The van der Waals surface area contributed by atoms with Gasteiger partial charge in [-0.25, -0.2) is 4.79 Å². The van der Waals surface area contributed by atoms with E-state index in [1.807, 2.05) is 67.6 Å². The molecule has 1 aromatic heterocycles. The van der Waals surface area contributed by atoms with Gasteiger partial charge in [-0.15, -0.1) is 0 Å². The van der Waals surface area contributed by atoms with Gasteiger partial charge in [0.05, 0.1) is 20.3 Å². The van der Waals surface area contributed by atoms with E-state index >= 15 is 0 Å². The van der Waals surface area contributed by atoms with Gasteiger partial charge in [-0.2, -0.15) is 0 Å². The van der Waals surface area contributed by atoms with Crippen LogP contribution in [0.2, 0.25) is 0 Å². The zero-order valence-electron chi connectivity index (χ0n) is 19.6. The van der Waals surface area contributed by atoms with Gasteiger partial charge in [0.1, 0.15) is 17.2 Å². The fraction of sp³-hybridized carbons (Fsp3) is 0.276. The average Bonchev–Trinajstić information content (AvgIpc) is 3.65. The standard InChI is InChI=1S/C29H29NO4/c1-3-33-29(31)28-27(22-13-15-23(16-14-22)34-19-20-11-12-20)25-9-4-5-10-26(25)30(28)18-21-7-6-8-24(17-21)32-2/h4-10,13-17,20H,3,11-12,18-19H2,1-2H3. The lowest BCUT2D eigenvalue weighted by molar-refractivity contribution is 0.0516. The summed E-state index contributed by atoms with van der Waals surface area (Å²) in [4.78, 5) is 13.3. The van der Waals surface area contributed by atoms with Crippen molar-refractivity contribution in [2.24, 2.45) is 5.92 Å². The first-order chi connectivity index (χ1) is 16.7. The van der Waals surface area contributed by atoms with E-state index in [4.69, 9.17) is 14.2 Å². The van der Waals surface area contributed by atoms with Crippen molar-refractivity contribution in [3.05, 3.63) is 84.1 Å². The van der Waals surface area contributed by atoms with Gasteiger partial charge in [0.15, 0.2) is 0 Å². The first-order valence-corrected chi connectivity index (χ1v) is 11.8. The van der Waals surface area contributed by atoms with Crippen LogP contribution in [0.15, 0.2) is 72.8 Å². The predicted molar refractivity (Wildman–Crippen MR) is 134 cm³/mol. The molecule has 0 saturated heterocycles. The number of nitrogens with zero attached hydrogens (tertiary/aromatic N) is 1. The van der Waals surface area contributed by atoms with Crippen LogP contribution < -0.4 is 9.47 Å². The number of methoxy groups -OCH3 is 1. The number of benzene rings is 3. The number of para-hydroxylation sites is 1. The quantitative estimate of drug-likeness (QED) is 0.277. The number of rotatable bonds is 9. The summed E-state index contributed by atoms with van der Waals surface area (Å²) in [7, 11) is 1.66. The molecule has 0 atom stereocenters. The van der Waals surface area contributed by atoms with Crippen LogP contribution in [0.5, 0.6) is 11.5 Å². The second-order valence-corrected chi connectivity index (χ2v) is 8.68. The Labute approximate surface area is 199 Å². The number of hydrogen-bond acceptors (Lipinski definition) is 4. The molecule has 0 unspecified atom stereocenters. The molecule has 34 heavy (non-hydrogen) atoms. The predicted octanol–water partition coefficient (Wildman–Crippen LogP) is 6.33. The lowest BCUT2D eigenvalue weighted by Gasteiger charge is -2.13. The van der Waals surface area contributed by atoms with Crippen LogP contribution in [0.4, 0.5) is 0 Å². The molecule has 1 aliphatic rings. The van der Waals surface area contributed by atoms with Crippen LogP contribution in [-0.4, -0.2) is 30.9 Å². The molecule has 1 fully saturated rings. The topological polar surface area (TPSA) is 49.7 Å². The smallest absolute Gasteiger partial charge is 0.355 e. The number of ether oxygens (including phenoxy) is 3. The van der Waals surface area contributed by atoms with E-state index in [9.17, 15) is 4.79 Å². The van der Waals surface area contributed by atoms with Crippen molar-refractivity contribution >= 4 is 16.9 Å². The molecule has 0 spiro atoms. The molecule has 0 radical (unpaired) electrons. The Kier molecular flexibility index (Phi) is 6.26. The molecule has 4 aromatic rings. The number of carbonyl (C=O) groups excluding carboxylic acids is 1. The Hall–Kier alpha value is -3.73. The highest BCUT2D eigenvalue weighted by Gasteiger charge is 2.25. The van der Waals surface area contributed by atoms with E-state index in [-0.39, 0.29) is 5.97 Å². The van der Waals surface area contributed by atoms with Crippen LogP contribution in [0.3, 0.4) is 0 Å². The molecule has 1 saturated carbocycles. The van der Waals surface area contributed by atoms with Gasteiger partial charge in [-0.3, -0.25) is 0 Å². The van der Waals surface area contributed by atoms with Gasteiger partial charge in [0, 0.05) is 23.0 Å². The summed E-state index contributed by atoms with van der Waals surface area (Å²) in [6, 6.07) is 24.1. The molecule has 0 aliphatic heterocycles. The number of carbonyl (C=O) groups is 1. The fourth-order valence-electron chi connectivity index (χ4n) is 4.34. The molecule has 0 amide bonds. The van der Waals surface area contributed by atoms with Crippen LogP contribution in [0.25, 0.3) is 22.0 Å². The molecule has 5 rings (SSSR count). The molecule has 5 nitrogen and oxygen atoms in total. The molecule has 5 heteroatoms. The van der Waals surface area contributed by atoms with E-state index in [0.29, 0.717) is 24.8 Å². The molecular weight excluding hydrogens is 426 g/mol. The molecule has 174 valence electrons.